The van der Waals surface area contributed by atoms with Gasteiger partial charge in [0.25, 0.3) is 0 Å². The first-order valence-corrected chi connectivity index (χ1v) is 8.79. The Morgan fingerprint density at radius 3 is 2.52 bits per heavy atom. The molecule has 1 aromatic carbocycles. The second kappa shape index (κ2) is 7.03. The van der Waals surface area contributed by atoms with E-state index >= 15 is 0 Å². The molecule has 2 rings (SSSR count). The van der Waals surface area contributed by atoms with Crippen molar-refractivity contribution < 1.29 is 13.5 Å². The third-order valence-corrected chi connectivity index (χ3v) is 5.29. The minimum absolute atomic E-state index is 0.00879. The number of nitrogens with zero attached hydrogens (tertiary/aromatic N) is 1. The maximum absolute atomic E-state index is 12.2. The molecule has 21 heavy (non-hydrogen) atoms. The Labute approximate surface area is 125 Å². The van der Waals surface area contributed by atoms with Crippen LogP contribution >= 0.6 is 0 Å². The molecule has 114 valence electrons. The summed E-state index contributed by atoms with van der Waals surface area (Å²) < 4.78 is 27.2. The lowest BCUT2D eigenvalue weighted by Gasteiger charge is -2.30. The van der Waals surface area contributed by atoms with Crippen LogP contribution in [0, 0.1) is 17.2 Å². The molecule has 0 radical (unpaired) electrons. The van der Waals surface area contributed by atoms with Crippen LogP contribution in [0.1, 0.15) is 36.8 Å². The molecular formula is C15H20N2O3S. The molecule has 2 atom stereocenters. The van der Waals surface area contributed by atoms with Gasteiger partial charge in [-0.1, -0.05) is 25.0 Å². The second-order valence-corrected chi connectivity index (χ2v) is 7.27. The molecule has 1 aliphatic rings. The molecule has 0 amide bonds. The van der Waals surface area contributed by atoms with Crippen molar-refractivity contribution in [2.75, 3.05) is 6.61 Å². The van der Waals surface area contributed by atoms with Crippen LogP contribution in [0.4, 0.5) is 0 Å². The lowest BCUT2D eigenvalue weighted by atomic mass is 9.86. The summed E-state index contributed by atoms with van der Waals surface area (Å²) in [5.41, 5.74) is 1.16. The highest BCUT2D eigenvalue weighted by Crippen LogP contribution is 2.24. The number of aliphatic hydroxyl groups excluding tert-OH is 1. The van der Waals surface area contributed by atoms with E-state index in [4.69, 9.17) is 5.26 Å². The topological polar surface area (TPSA) is 90.2 Å². The third kappa shape index (κ3) is 4.53. The van der Waals surface area contributed by atoms with E-state index < -0.39 is 10.0 Å². The molecule has 1 aromatic rings. The zero-order valence-corrected chi connectivity index (χ0v) is 12.6. The number of hydrogen-bond donors (Lipinski definition) is 2. The molecule has 5 nitrogen and oxygen atoms in total. The zero-order chi connectivity index (χ0) is 15.3. The van der Waals surface area contributed by atoms with E-state index in [9.17, 15) is 13.5 Å². The summed E-state index contributed by atoms with van der Waals surface area (Å²) in [6, 6.07) is 8.37. The summed E-state index contributed by atoms with van der Waals surface area (Å²) in [6.45, 7) is 0.0179. The number of aliphatic hydroxyl groups is 1. The minimum Gasteiger partial charge on any atom is -0.396 e. The van der Waals surface area contributed by atoms with Crippen LogP contribution in [0.2, 0.25) is 0 Å². The van der Waals surface area contributed by atoms with E-state index in [0.717, 1.165) is 25.7 Å². The highest BCUT2D eigenvalue weighted by atomic mass is 32.2. The number of sulfonamides is 1. The third-order valence-electron chi connectivity index (χ3n) is 3.91. The quantitative estimate of drug-likeness (QED) is 0.863. The van der Waals surface area contributed by atoms with Gasteiger partial charge in [0.2, 0.25) is 10.0 Å². The first kappa shape index (κ1) is 16.0. The van der Waals surface area contributed by atoms with Gasteiger partial charge in [0.05, 0.1) is 17.4 Å². The Hall–Kier alpha value is -1.42. The molecule has 0 aliphatic heterocycles. The van der Waals surface area contributed by atoms with Gasteiger partial charge < -0.3 is 5.11 Å². The largest absolute Gasteiger partial charge is 0.396 e. The molecule has 1 saturated carbocycles. The maximum Gasteiger partial charge on any atom is 0.216 e. The Kier molecular flexibility index (Phi) is 5.34. The van der Waals surface area contributed by atoms with Crippen molar-refractivity contribution in [2.24, 2.45) is 5.92 Å². The van der Waals surface area contributed by atoms with Crippen molar-refractivity contribution in [1.82, 2.24) is 4.72 Å². The smallest absolute Gasteiger partial charge is 0.216 e. The van der Waals surface area contributed by atoms with Gasteiger partial charge in [-0.05, 0) is 36.5 Å². The lowest BCUT2D eigenvalue weighted by Crippen LogP contribution is -2.43. The molecule has 0 aromatic heterocycles. The van der Waals surface area contributed by atoms with Crippen LogP contribution in [0.15, 0.2) is 24.3 Å². The molecule has 2 N–H and O–H groups in total. The summed E-state index contributed by atoms with van der Waals surface area (Å²) >= 11 is 0. The average molecular weight is 308 g/mol. The molecule has 6 heteroatoms. The van der Waals surface area contributed by atoms with Gasteiger partial charge in [0, 0.05) is 12.6 Å². The summed E-state index contributed by atoms with van der Waals surface area (Å²) in [7, 11) is -3.44. The van der Waals surface area contributed by atoms with Crippen molar-refractivity contribution in [3.63, 3.8) is 0 Å². The summed E-state index contributed by atoms with van der Waals surface area (Å²) in [5, 5.41) is 18.1. The number of nitriles is 1. The summed E-state index contributed by atoms with van der Waals surface area (Å²) in [6.07, 6.45) is 3.66. The van der Waals surface area contributed by atoms with E-state index in [1.165, 1.54) is 0 Å². The van der Waals surface area contributed by atoms with E-state index in [1.54, 1.807) is 24.3 Å². The monoisotopic (exact) mass is 308 g/mol. The van der Waals surface area contributed by atoms with Gasteiger partial charge in [-0.2, -0.15) is 5.26 Å². The van der Waals surface area contributed by atoms with Gasteiger partial charge in [-0.3, -0.25) is 0 Å². The number of benzene rings is 1. The summed E-state index contributed by atoms with van der Waals surface area (Å²) in [5.74, 6) is -0.0950. The first-order chi connectivity index (χ1) is 10.0. The van der Waals surface area contributed by atoms with Gasteiger partial charge in [0.1, 0.15) is 0 Å². The molecule has 2 unspecified atom stereocenters. The maximum atomic E-state index is 12.2. The van der Waals surface area contributed by atoms with Gasteiger partial charge in [0.15, 0.2) is 0 Å². The fourth-order valence-electron chi connectivity index (χ4n) is 2.75. The van der Waals surface area contributed by atoms with E-state index in [0.29, 0.717) is 11.1 Å². The van der Waals surface area contributed by atoms with Crippen molar-refractivity contribution in [2.45, 2.75) is 37.5 Å². The van der Waals surface area contributed by atoms with E-state index in [1.807, 2.05) is 6.07 Å². The molecule has 0 spiro atoms. The fraction of sp³-hybridized carbons (Fsp3) is 0.533. The van der Waals surface area contributed by atoms with Crippen molar-refractivity contribution >= 4 is 10.0 Å². The van der Waals surface area contributed by atoms with Crippen LogP contribution in [-0.2, 0) is 15.8 Å². The second-order valence-electron chi connectivity index (χ2n) is 5.52. The molecule has 0 bridgehead atoms. The Bertz CT molecular complexity index is 605. The molecular weight excluding hydrogens is 288 g/mol. The number of hydrogen-bond acceptors (Lipinski definition) is 4. The highest BCUT2D eigenvalue weighted by Gasteiger charge is 2.28. The Balaban J connectivity index is 2.02. The average Bonchev–Trinajstić information content (AvgIpc) is 2.47. The van der Waals surface area contributed by atoms with Gasteiger partial charge >= 0.3 is 0 Å². The zero-order valence-electron chi connectivity index (χ0n) is 11.8. The molecule has 0 saturated heterocycles. The molecule has 1 fully saturated rings. The SMILES string of the molecule is N#Cc1ccc(CS(=O)(=O)NC2CCCCC2CO)cc1. The molecule has 1 aliphatic carbocycles. The standard InChI is InChI=1S/C15H20N2O3S/c16-9-12-5-7-13(8-6-12)11-21(19,20)17-15-4-2-1-3-14(15)10-18/h5-8,14-15,17-18H,1-4,10-11H2. The van der Waals surface area contributed by atoms with E-state index in [2.05, 4.69) is 4.72 Å². The van der Waals surface area contributed by atoms with Crippen molar-refractivity contribution in [1.29, 1.82) is 5.26 Å². The van der Waals surface area contributed by atoms with Gasteiger partial charge in [-0.15, -0.1) is 0 Å². The van der Waals surface area contributed by atoms with Crippen LogP contribution in [0.5, 0.6) is 0 Å². The van der Waals surface area contributed by atoms with Crippen LogP contribution < -0.4 is 4.72 Å². The number of nitrogens with one attached hydrogen (secondary N) is 1. The van der Waals surface area contributed by atoms with E-state index in [-0.39, 0.29) is 24.3 Å². The van der Waals surface area contributed by atoms with Gasteiger partial charge in [-0.25, -0.2) is 13.1 Å². The fourth-order valence-corrected chi connectivity index (χ4v) is 4.23. The van der Waals surface area contributed by atoms with Crippen LogP contribution in [0.25, 0.3) is 0 Å². The lowest BCUT2D eigenvalue weighted by molar-refractivity contribution is 0.164. The molecule has 0 heterocycles. The first-order valence-electron chi connectivity index (χ1n) is 7.14. The van der Waals surface area contributed by atoms with Crippen LogP contribution in [0.3, 0.4) is 0 Å². The summed E-state index contributed by atoms with van der Waals surface area (Å²) in [4.78, 5) is 0. The Morgan fingerprint density at radius 2 is 1.90 bits per heavy atom. The minimum atomic E-state index is -3.44. The normalized spacial score (nSPS) is 22.7. The van der Waals surface area contributed by atoms with Crippen LogP contribution in [-0.4, -0.2) is 26.2 Å². The predicted octanol–water partition coefficient (Wildman–Crippen LogP) is 1.53. The highest BCUT2D eigenvalue weighted by molar-refractivity contribution is 7.88. The van der Waals surface area contributed by atoms with Crippen molar-refractivity contribution in [3.8, 4) is 6.07 Å². The predicted molar refractivity (Wildman–Crippen MR) is 79.7 cm³/mol. The van der Waals surface area contributed by atoms with Crippen molar-refractivity contribution in [3.05, 3.63) is 35.4 Å². The number of rotatable bonds is 5. The Morgan fingerprint density at radius 1 is 1.24 bits per heavy atom.